The van der Waals surface area contributed by atoms with E-state index in [-0.39, 0.29) is 10.9 Å². The molecule has 0 heterocycles. The van der Waals surface area contributed by atoms with Crippen LogP contribution >= 0.6 is 0 Å². The van der Waals surface area contributed by atoms with Gasteiger partial charge in [-0.2, -0.15) is 0 Å². The lowest BCUT2D eigenvalue weighted by molar-refractivity contribution is 0.543. The van der Waals surface area contributed by atoms with E-state index in [1.54, 1.807) is 6.92 Å². The molecule has 0 spiro atoms. The Hall–Kier alpha value is -0.940. The highest BCUT2D eigenvalue weighted by Gasteiger charge is 2.17. The van der Waals surface area contributed by atoms with Gasteiger partial charge in [-0.1, -0.05) is 13.3 Å². The Labute approximate surface area is 102 Å². The molecular formula is C12H18FNO2S. The molecule has 0 fully saturated rings. The van der Waals surface area contributed by atoms with Crippen LogP contribution < -0.4 is 4.72 Å². The number of halogens is 1. The maximum Gasteiger partial charge on any atom is 0.240 e. The predicted molar refractivity (Wildman–Crippen MR) is 65.8 cm³/mol. The summed E-state index contributed by atoms with van der Waals surface area (Å²) in [7, 11) is -3.54. The standard InChI is InChI=1S/C12H18FNO2S/c1-4-5-10(3)14-17(15,16)11-6-7-12(13)9(2)8-11/h6-8,10,14H,4-5H2,1-3H3/t10-/m0/s1. The Morgan fingerprint density at radius 3 is 2.59 bits per heavy atom. The van der Waals surface area contributed by atoms with Crippen LogP contribution in [-0.2, 0) is 10.0 Å². The van der Waals surface area contributed by atoms with Crippen molar-refractivity contribution < 1.29 is 12.8 Å². The van der Waals surface area contributed by atoms with Gasteiger partial charge in [-0.15, -0.1) is 0 Å². The quantitative estimate of drug-likeness (QED) is 0.883. The number of rotatable bonds is 5. The maximum atomic E-state index is 13.1. The molecule has 0 aliphatic rings. The SMILES string of the molecule is CCC[C@H](C)NS(=O)(=O)c1ccc(F)c(C)c1. The highest BCUT2D eigenvalue weighted by atomic mass is 32.2. The van der Waals surface area contributed by atoms with E-state index in [4.69, 9.17) is 0 Å². The van der Waals surface area contributed by atoms with Crippen LogP contribution in [0.15, 0.2) is 23.1 Å². The molecule has 0 amide bonds. The third kappa shape index (κ3) is 3.78. The molecule has 5 heteroatoms. The lowest BCUT2D eigenvalue weighted by Gasteiger charge is -2.13. The zero-order valence-electron chi connectivity index (χ0n) is 10.3. The van der Waals surface area contributed by atoms with Crippen molar-refractivity contribution in [3.63, 3.8) is 0 Å². The molecule has 17 heavy (non-hydrogen) atoms. The van der Waals surface area contributed by atoms with Crippen molar-refractivity contribution in [2.24, 2.45) is 0 Å². The Balaban J connectivity index is 2.93. The lowest BCUT2D eigenvalue weighted by Crippen LogP contribution is -2.32. The van der Waals surface area contributed by atoms with Gasteiger partial charge in [0.2, 0.25) is 10.0 Å². The summed E-state index contributed by atoms with van der Waals surface area (Å²) in [6, 6.07) is 3.68. The van der Waals surface area contributed by atoms with Crippen molar-refractivity contribution in [3.05, 3.63) is 29.6 Å². The van der Waals surface area contributed by atoms with E-state index >= 15 is 0 Å². The van der Waals surface area contributed by atoms with E-state index in [9.17, 15) is 12.8 Å². The van der Waals surface area contributed by atoms with E-state index in [1.165, 1.54) is 18.2 Å². The van der Waals surface area contributed by atoms with Gasteiger partial charge in [-0.05, 0) is 44.0 Å². The maximum absolute atomic E-state index is 13.1. The van der Waals surface area contributed by atoms with Gasteiger partial charge in [0.05, 0.1) is 4.90 Å². The molecule has 1 aromatic carbocycles. The second kappa shape index (κ2) is 5.60. The summed E-state index contributed by atoms with van der Waals surface area (Å²) in [6.07, 6.45) is 1.69. The Kier molecular flexibility index (Phi) is 4.65. The van der Waals surface area contributed by atoms with E-state index < -0.39 is 15.8 Å². The van der Waals surface area contributed by atoms with Crippen molar-refractivity contribution in [1.29, 1.82) is 0 Å². The number of sulfonamides is 1. The van der Waals surface area contributed by atoms with Gasteiger partial charge in [-0.25, -0.2) is 17.5 Å². The number of aryl methyl sites for hydroxylation is 1. The number of nitrogens with one attached hydrogen (secondary N) is 1. The van der Waals surface area contributed by atoms with Crippen molar-refractivity contribution >= 4 is 10.0 Å². The Morgan fingerprint density at radius 1 is 1.41 bits per heavy atom. The van der Waals surface area contributed by atoms with Gasteiger partial charge in [0.15, 0.2) is 0 Å². The summed E-state index contributed by atoms with van der Waals surface area (Å²) in [4.78, 5) is 0.111. The van der Waals surface area contributed by atoms with Crippen molar-refractivity contribution in [1.82, 2.24) is 4.72 Å². The molecule has 0 aliphatic carbocycles. The summed E-state index contributed by atoms with van der Waals surface area (Å²) in [5, 5.41) is 0. The van der Waals surface area contributed by atoms with Gasteiger partial charge >= 0.3 is 0 Å². The third-order valence-corrected chi connectivity index (χ3v) is 4.10. The molecule has 0 saturated carbocycles. The smallest absolute Gasteiger partial charge is 0.208 e. The molecular weight excluding hydrogens is 241 g/mol. The fourth-order valence-electron chi connectivity index (χ4n) is 1.61. The summed E-state index contributed by atoms with van der Waals surface area (Å²) in [6.45, 7) is 5.36. The van der Waals surface area contributed by atoms with Crippen molar-refractivity contribution in [2.45, 2.75) is 44.6 Å². The largest absolute Gasteiger partial charge is 0.240 e. The summed E-state index contributed by atoms with van der Waals surface area (Å²) in [5.74, 6) is -0.398. The topological polar surface area (TPSA) is 46.2 Å². The first-order chi connectivity index (χ1) is 7.86. The van der Waals surface area contributed by atoms with Gasteiger partial charge in [0.1, 0.15) is 5.82 Å². The first-order valence-corrected chi connectivity index (χ1v) is 7.13. The molecule has 1 aromatic rings. The number of benzene rings is 1. The van der Waals surface area contributed by atoms with Gasteiger partial charge < -0.3 is 0 Å². The van der Waals surface area contributed by atoms with Crippen LogP contribution in [0.3, 0.4) is 0 Å². The van der Waals surface area contributed by atoms with E-state index in [1.807, 2.05) is 13.8 Å². The summed E-state index contributed by atoms with van der Waals surface area (Å²) in [5.41, 5.74) is 0.330. The van der Waals surface area contributed by atoms with Crippen LogP contribution in [0.5, 0.6) is 0 Å². The van der Waals surface area contributed by atoms with Crippen LogP contribution in [0.1, 0.15) is 32.3 Å². The van der Waals surface area contributed by atoms with Crippen LogP contribution in [0.2, 0.25) is 0 Å². The Morgan fingerprint density at radius 2 is 2.06 bits per heavy atom. The second-order valence-corrected chi connectivity index (χ2v) is 5.94. The third-order valence-electron chi connectivity index (χ3n) is 2.52. The van der Waals surface area contributed by atoms with E-state index in [2.05, 4.69) is 4.72 Å². The molecule has 3 nitrogen and oxygen atoms in total. The molecule has 1 rings (SSSR count). The molecule has 96 valence electrons. The van der Waals surface area contributed by atoms with Crippen LogP contribution in [0.25, 0.3) is 0 Å². The molecule has 0 unspecified atom stereocenters. The highest BCUT2D eigenvalue weighted by molar-refractivity contribution is 7.89. The fourth-order valence-corrected chi connectivity index (χ4v) is 2.97. The normalized spacial score (nSPS) is 13.6. The highest BCUT2D eigenvalue weighted by Crippen LogP contribution is 2.15. The van der Waals surface area contributed by atoms with E-state index in [0.29, 0.717) is 5.56 Å². The monoisotopic (exact) mass is 259 g/mol. The zero-order chi connectivity index (χ0) is 13.1. The summed E-state index contributed by atoms with van der Waals surface area (Å²) < 4.78 is 39.5. The predicted octanol–water partition coefficient (Wildman–Crippen LogP) is 2.60. The minimum Gasteiger partial charge on any atom is -0.208 e. The van der Waals surface area contributed by atoms with Crippen LogP contribution in [-0.4, -0.2) is 14.5 Å². The van der Waals surface area contributed by atoms with Crippen LogP contribution in [0, 0.1) is 12.7 Å². The molecule has 1 N–H and O–H groups in total. The first kappa shape index (κ1) is 14.1. The van der Waals surface area contributed by atoms with Crippen LogP contribution in [0.4, 0.5) is 4.39 Å². The first-order valence-electron chi connectivity index (χ1n) is 5.65. The van der Waals surface area contributed by atoms with E-state index in [0.717, 1.165) is 12.8 Å². The minimum atomic E-state index is -3.54. The van der Waals surface area contributed by atoms with Gasteiger partial charge in [0.25, 0.3) is 0 Å². The molecule has 0 radical (unpaired) electrons. The second-order valence-electron chi connectivity index (χ2n) is 4.22. The van der Waals surface area contributed by atoms with Crippen molar-refractivity contribution in [3.8, 4) is 0 Å². The van der Waals surface area contributed by atoms with Gasteiger partial charge in [-0.3, -0.25) is 0 Å². The molecule has 0 bridgehead atoms. The minimum absolute atomic E-state index is 0.111. The molecule has 0 aromatic heterocycles. The lowest BCUT2D eigenvalue weighted by atomic mass is 10.2. The van der Waals surface area contributed by atoms with Gasteiger partial charge in [0, 0.05) is 6.04 Å². The molecule has 0 saturated heterocycles. The summed E-state index contributed by atoms with van der Waals surface area (Å²) >= 11 is 0. The van der Waals surface area contributed by atoms with Crippen molar-refractivity contribution in [2.75, 3.05) is 0 Å². The Bertz CT molecular complexity index is 485. The molecule has 0 aliphatic heterocycles. The molecule has 1 atom stereocenters. The number of hydrogen-bond acceptors (Lipinski definition) is 2. The zero-order valence-corrected chi connectivity index (χ0v) is 11.1. The fraction of sp³-hybridized carbons (Fsp3) is 0.500. The average Bonchev–Trinajstić information content (AvgIpc) is 2.21. The number of hydrogen-bond donors (Lipinski definition) is 1. The average molecular weight is 259 g/mol.